The largest absolute Gasteiger partial charge is 0.329 e. The van der Waals surface area contributed by atoms with Gasteiger partial charge in [-0.2, -0.15) is 5.10 Å². The van der Waals surface area contributed by atoms with Gasteiger partial charge in [0.05, 0.1) is 12.2 Å². The summed E-state index contributed by atoms with van der Waals surface area (Å²) in [7, 11) is 4.17. The molecule has 2 N–H and O–H groups in total. The number of rotatable bonds is 4. The summed E-state index contributed by atoms with van der Waals surface area (Å²) in [5, 5.41) is 4.26. The third kappa shape index (κ3) is 2.93. The smallest absolute Gasteiger partial charge is 0.0538 e. The highest BCUT2D eigenvalue weighted by Gasteiger charge is 2.27. The molecular formula is C14H26N4. The minimum atomic E-state index is 0.300. The van der Waals surface area contributed by atoms with E-state index in [0.29, 0.717) is 18.6 Å². The lowest BCUT2D eigenvalue weighted by Gasteiger charge is -2.38. The lowest BCUT2D eigenvalue weighted by atomic mass is 9.85. The molecule has 4 nitrogen and oxygen atoms in total. The molecule has 1 aliphatic carbocycles. The van der Waals surface area contributed by atoms with Gasteiger partial charge in [0.2, 0.25) is 0 Å². The number of hydrogen-bond donors (Lipinski definition) is 1. The average Bonchev–Trinajstić information content (AvgIpc) is 2.76. The molecule has 1 saturated carbocycles. The van der Waals surface area contributed by atoms with Crippen molar-refractivity contribution in [2.75, 3.05) is 13.6 Å². The van der Waals surface area contributed by atoms with E-state index in [0.717, 1.165) is 5.92 Å². The molecule has 1 heterocycles. The van der Waals surface area contributed by atoms with Crippen LogP contribution in [0.4, 0.5) is 0 Å². The highest BCUT2D eigenvalue weighted by atomic mass is 15.3. The van der Waals surface area contributed by atoms with Crippen molar-refractivity contribution >= 4 is 0 Å². The topological polar surface area (TPSA) is 47.1 Å². The van der Waals surface area contributed by atoms with Gasteiger partial charge in [-0.25, -0.2) is 0 Å². The van der Waals surface area contributed by atoms with Gasteiger partial charge in [0.15, 0.2) is 0 Å². The van der Waals surface area contributed by atoms with Crippen molar-refractivity contribution in [2.24, 2.45) is 18.7 Å². The molecule has 1 fully saturated rings. The molecule has 1 aromatic rings. The fraction of sp³-hybridized carbons (Fsp3) is 0.786. The predicted molar refractivity (Wildman–Crippen MR) is 74.2 cm³/mol. The van der Waals surface area contributed by atoms with Crippen LogP contribution in [-0.2, 0) is 7.05 Å². The maximum absolute atomic E-state index is 5.98. The first-order chi connectivity index (χ1) is 8.61. The van der Waals surface area contributed by atoms with Gasteiger partial charge < -0.3 is 5.73 Å². The molecule has 3 atom stereocenters. The van der Waals surface area contributed by atoms with Crippen LogP contribution in [0, 0.1) is 5.92 Å². The predicted octanol–water partition coefficient (Wildman–Crippen LogP) is 1.93. The first-order valence-electron chi connectivity index (χ1n) is 7.02. The van der Waals surface area contributed by atoms with Crippen LogP contribution in [0.5, 0.6) is 0 Å². The molecule has 0 bridgehead atoms. The van der Waals surface area contributed by atoms with E-state index < -0.39 is 0 Å². The number of nitrogens with zero attached hydrogens (tertiary/aromatic N) is 3. The summed E-state index contributed by atoms with van der Waals surface area (Å²) < 4.78 is 1.86. The minimum absolute atomic E-state index is 0.300. The Morgan fingerprint density at radius 1 is 1.56 bits per heavy atom. The molecule has 0 spiro atoms. The van der Waals surface area contributed by atoms with Gasteiger partial charge in [0, 0.05) is 31.4 Å². The molecule has 18 heavy (non-hydrogen) atoms. The Morgan fingerprint density at radius 2 is 2.33 bits per heavy atom. The van der Waals surface area contributed by atoms with Crippen LogP contribution < -0.4 is 5.73 Å². The van der Waals surface area contributed by atoms with E-state index in [2.05, 4.69) is 30.2 Å². The Balaban J connectivity index is 2.07. The van der Waals surface area contributed by atoms with E-state index >= 15 is 0 Å². The van der Waals surface area contributed by atoms with Crippen LogP contribution in [0.2, 0.25) is 0 Å². The van der Waals surface area contributed by atoms with Crippen molar-refractivity contribution < 1.29 is 0 Å². The maximum Gasteiger partial charge on any atom is 0.0538 e. The molecular weight excluding hydrogens is 224 g/mol. The van der Waals surface area contributed by atoms with Crippen LogP contribution >= 0.6 is 0 Å². The first-order valence-corrected chi connectivity index (χ1v) is 7.02. The van der Waals surface area contributed by atoms with Crippen LogP contribution in [0.1, 0.15) is 44.2 Å². The summed E-state index contributed by atoms with van der Waals surface area (Å²) in [4.78, 5) is 2.46. The zero-order chi connectivity index (χ0) is 13.1. The number of aromatic nitrogens is 2. The van der Waals surface area contributed by atoms with Crippen molar-refractivity contribution in [2.45, 2.75) is 44.7 Å². The Labute approximate surface area is 110 Å². The Kier molecular flexibility index (Phi) is 4.40. The molecule has 1 aliphatic rings. The lowest BCUT2D eigenvalue weighted by Crippen LogP contribution is -2.40. The second-order valence-corrected chi connectivity index (χ2v) is 5.79. The molecule has 0 saturated heterocycles. The summed E-state index contributed by atoms with van der Waals surface area (Å²) in [6, 6.07) is 0.969. The molecule has 0 aromatic carbocycles. The van der Waals surface area contributed by atoms with Gasteiger partial charge in [-0.1, -0.05) is 19.8 Å². The van der Waals surface area contributed by atoms with Crippen LogP contribution in [0.25, 0.3) is 0 Å². The number of aryl methyl sites for hydroxylation is 1. The number of hydrogen-bond acceptors (Lipinski definition) is 3. The second kappa shape index (κ2) is 5.85. The Bertz CT molecular complexity index is 374. The van der Waals surface area contributed by atoms with Crippen LogP contribution in [0.3, 0.4) is 0 Å². The molecule has 3 unspecified atom stereocenters. The van der Waals surface area contributed by atoms with Gasteiger partial charge in [-0.3, -0.25) is 9.58 Å². The molecule has 0 aliphatic heterocycles. The highest BCUT2D eigenvalue weighted by molar-refractivity contribution is 5.11. The zero-order valence-electron chi connectivity index (χ0n) is 11.8. The van der Waals surface area contributed by atoms with Crippen LogP contribution in [0.15, 0.2) is 12.4 Å². The molecule has 1 aromatic heterocycles. The van der Waals surface area contributed by atoms with Gasteiger partial charge in [-0.05, 0) is 25.8 Å². The van der Waals surface area contributed by atoms with E-state index in [4.69, 9.17) is 5.73 Å². The van der Waals surface area contributed by atoms with Crippen molar-refractivity contribution in [1.29, 1.82) is 0 Å². The summed E-state index contributed by atoms with van der Waals surface area (Å²) in [6.07, 6.45) is 9.36. The number of likely N-dealkylation sites (N-methyl/N-ethyl adjacent to an activating group) is 1. The quantitative estimate of drug-likeness (QED) is 0.888. The summed E-state index contributed by atoms with van der Waals surface area (Å²) in [6.45, 7) is 3.02. The van der Waals surface area contributed by atoms with E-state index in [1.165, 1.54) is 31.2 Å². The summed E-state index contributed by atoms with van der Waals surface area (Å²) >= 11 is 0. The minimum Gasteiger partial charge on any atom is -0.329 e. The SMILES string of the molecule is CC1CCCC(N(C)C(CN)c2cnn(C)c2)C1. The van der Waals surface area contributed by atoms with Crippen molar-refractivity contribution in [3.63, 3.8) is 0 Å². The van der Waals surface area contributed by atoms with Crippen molar-refractivity contribution in [3.05, 3.63) is 18.0 Å². The molecule has 2 rings (SSSR count). The molecule has 0 radical (unpaired) electrons. The molecule has 4 heteroatoms. The normalized spacial score (nSPS) is 26.5. The van der Waals surface area contributed by atoms with Gasteiger partial charge in [-0.15, -0.1) is 0 Å². The van der Waals surface area contributed by atoms with E-state index in [1.807, 2.05) is 17.9 Å². The zero-order valence-corrected chi connectivity index (χ0v) is 11.8. The fourth-order valence-electron chi connectivity index (χ4n) is 3.18. The monoisotopic (exact) mass is 250 g/mol. The summed E-state index contributed by atoms with van der Waals surface area (Å²) in [5.74, 6) is 0.846. The van der Waals surface area contributed by atoms with Gasteiger partial charge in [0.25, 0.3) is 0 Å². The Hall–Kier alpha value is -0.870. The number of nitrogens with two attached hydrogens (primary N) is 1. The average molecular weight is 250 g/mol. The summed E-state index contributed by atoms with van der Waals surface area (Å²) in [5.41, 5.74) is 7.21. The van der Waals surface area contributed by atoms with Gasteiger partial charge >= 0.3 is 0 Å². The third-order valence-corrected chi connectivity index (χ3v) is 4.31. The second-order valence-electron chi connectivity index (χ2n) is 5.79. The lowest BCUT2D eigenvalue weighted by molar-refractivity contribution is 0.121. The van der Waals surface area contributed by atoms with E-state index in [-0.39, 0.29) is 0 Å². The Morgan fingerprint density at radius 3 is 2.89 bits per heavy atom. The molecule has 0 amide bonds. The third-order valence-electron chi connectivity index (χ3n) is 4.31. The first kappa shape index (κ1) is 13.6. The van der Waals surface area contributed by atoms with Crippen molar-refractivity contribution in [1.82, 2.24) is 14.7 Å². The highest BCUT2D eigenvalue weighted by Crippen LogP contribution is 2.31. The standard InChI is InChI=1S/C14H26N4/c1-11-5-4-6-13(7-11)18(3)14(8-15)12-9-16-17(2)10-12/h9-11,13-14H,4-8,15H2,1-3H3. The fourth-order valence-corrected chi connectivity index (χ4v) is 3.18. The van der Waals surface area contributed by atoms with Gasteiger partial charge in [0.1, 0.15) is 0 Å². The van der Waals surface area contributed by atoms with Crippen molar-refractivity contribution in [3.8, 4) is 0 Å². The van der Waals surface area contributed by atoms with Crippen LogP contribution in [-0.4, -0.2) is 34.3 Å². The molecule has 102 valence electrons. The maximum atomic E-state index is 5.98. The van der Waals surface area contributed by atoms with E-state index in [9.17, 15) is 0 Å². The van der Waals surface area contributed by atoms with E-state index in [1.54, 1.807) is 0 Å².